The van der Waals surface area contributed by atoms with Gasteiger partial charge in [0.1, 0.15) is 43.3 Å². The molecule has 6 rings (SSSR count). The minimum Gasteiger partial charge on any atom is -0.489 e. The predicted octanol–water partition coefficient (Wildman–Crippen LogP) is 10.3. The van der Waals surface area contributed by atoms with Crippen LogP contribution in [0, 0.1) is 29.1 Å². The summed E-state index contributed by atoms with van der Waals surface area (Å²) in [5.41, 5.74) is 2.93. The SMILES string of the molecule is COC(=O)CC(Cc1cccc(-c2ccc(OCc3ccccc3)c(C[C@H](NC(=O)OCc3ccccc3)C(=O)Oc3c(F)c(F)c(F)c(F)c3F)c2)c1)NC(=O)[C@H](CCCNC(=O)OCc1ccccc1)NC(=O)OC(C)(C)C. The van der Waals surface area contributed by atoms with Crippen LogP contribution in [0.2, 0.25) is 0 Å². The summed E-state index contributed by atoms with van der Waals surface area (Å²) in [4.78, 5) is 79.5. The Bertz CT molecular complexity index is 3070. The quantitative estimate of drug-likeness (QED) is 0.00850. The minimum atomic E-state index is -2.48. The van der Waals surface area contributed by atoms with Gasteiger partial charge in [-0.3, -0.25) is 9.59 Å². The topological polar surface area (TPSA) is 206 Å². The van der Waals surface area contributed by atoms with Gasteiger partial charge in [0.25, 0.3) is 0 Å². The number of carbonyl (C=O) groups excluding carboxylic acids is 6. The molecule has 0 spiro atoms. The van der Waals surface area contributed by atoms with Gasteiger partial charge in [-0.2, -0.15) is 8.78 Å². The van der Waals surface area contributed by atoms with Crippen LogP contribution in [-0.2, 0) is 66.0 Å². The van der Waals surface area contributed by atoms with E-state index in [1.165, 1.54) is 7.11 Å². The number of alkyl carbamates (subject to hydrolysis) is 3. The van der Waals surface area contributed by atoms with Gasteiger partial charge in [0, 0.05) is 19.0 Å². The van der Waals surface area contributed by atoms with Crippen molar-refractivity contribution in [1.82, 2.24) is 21.3 Å². The molecule has 4 amide bonds. The Morgan fingerprint density at radius 1 is 0.550 bits per heavy atom. The zero-order valence-electron chi connectivity index (χ0n) is 44.1. The minimum absolute atomic E-state index is 0.00292. The van der Waals surface area contributed by atoms with E-state index in [0.717, 1.165) is 11.1 Å². The lowest BCUT2D eigenvalue weighted by Crippen LogP contribution is -2.51. The predicted molar refractivity (Wildman–Crippen MR) is 281 cm³/mol. The average molecular weight is 1110 g/mol. The Hall–Kier alpha value is -9.01. The number of rotatable bonds is 24. The second kappa shape index (κ2) is 29.1. The van der Waals surface area contributed by atoms with Crippen LogP contribution in [0.15, 0.2) is 133 Å². The van der Waals surface area contributed by atoms with E-state index in [1.54, 1.807) is 136 Å². The molecule has 1 unspecified atom stereocenters. The van der Waals surface area contributed by atoms with Crippen LogP contribution in [0.25, 0.3) is 11.1 Å². The van der Waals surface area contributed by atoms with Gasteiger partial charge in [0.2, 0.25) is 40.7 Å². The van der Waals surface area contributed by atoms with Crippen LogP contribution >= 0.6 is 0 Å². The van der Waals surface area contributed by atoms with Crippen molar-refractivity contribution in [2.24, 2.45) is 0 Å². The second-order valence-corrected chi connectivity index (χ2v) is 19.1. The van der Waals surface area contributed by atoms with E-state index in [0.29, 0.717) is 22.3 Å². The molecule has 0 fully saturated rings. The number of carbonyl (C=O) groups is 6. The largest absolute Gasteiger partial charge is 0.489 e. The summed E-state index contributed by atoms with van der Waals surface area (Å²) in [6.45, 7) is 4.78. The summed E-state index contributed by atoms with van der Waals surface area (Å²) in [7, 11) is 1.18. The Morgan fingerprint density at radius 2 is 1.09 bits per heavy atom. The van der Waals surface area contributed by atoms with Crippen molar-refractivity contribution in [1.29, 1.82) is 0 Å². The fourth-order valence-electron chi connectivity index (χ4n) is 7.87. The highest BCUT2D eigenvalue weighted by Gasteiger charge is 2.33. The highest BCUT2D eigenvalue weighted by molar-refractivity contribution is 5.86. The van der Waals surface area contributed by atoms with Crippen LogP contribution in [0.1, 0.15) is 67.9 Å². The number of esters is 2. The maximum atomic E-state index is 14.9. The van der Waals surface area contributed by atoms with Gasteiger partial charge in [-0.1, -0.05) is 121 Å². The first-order valence-electron chi connectivity index (χ1n) is 25.2. The smallest absolute Gasteiger partial charge is 0.408 e. The molecule has 0 aromatic heterocycles. The van der Waals surface area contributed by atoms with Crippen molar-refractivity contribution in [3.05, 3.63) is 190 Å². The number of amides is 4. The second-order valence-electron chi connectivity index (χ2n) is 19.1. The third-order valence-corrected chi connectivity index (χ3v) is 11.8. The number of halogens is 5. The molecule has 0 aliphatic carbocycles. The molecule has 6 aromatic carbocycles. The summed E-state index contributed by atoms with van der Waals surface area (Å²) in [6.07, 6.45) is -3.38. The van der Waals surface area contributed by atoms with Gasteiger partial charge in [-0.25, -0.2) is 32.3 Å². The van der Waals surface area contributed by atoms with Crippen molar-refractivity contribution in [2.75, 3.05) is 13.7 Å². The molecule has 0 heterocycles. The zero-order chi connectivity index (χ0) is 57.8. The molecule has 0 radical (unpaired) electrons. The number of hydrogen-bond acceptors (Lipinski definition) is 12. The number of ether oxygens (including phenoxy) is 6. The van der Waals surface area contributed by atoms with E-state index >= 15 is 0 Å². The molecule has 0 saturated heterocycles. The van der Waals surface area contributed by atoms with Gasteiger partial charge in [0.05, 0.1) is 13.5 Å². The summed E-state index contributed by atoms with van der Waals surface area (Å²) >= 11 is 0. The molecule has 0 bridgehead atoms. The highest BCUT2D eigenvalue weighted by Crippen LogP contribution is 2.32. The molecule has 6 aromatic rings. The van der Waals surface area contributed by atoms with Gasteiger partial charge in [0.15, 0.2) is 0 Å². The van der Waals surface area contributed by atoms with E-state index in [1.807, 2.05) is 18.2 Å². The van der Waals surface area contributed by atoms with Crippen molar-refractivity contribution < 1.29 is 79.1 Å². The number of benzene rings is 6. The number of hydrogen-bond donors (Lipinski definition) is 4. The first-order chi connectivity index (χ1) is 38.3. The summed E-state index contributed by atoms with van der Waals surface area (Å²) in [5.74, 6) is -16.8. The maximum Gasteiger partial charge on any atom is 0.408 e. The normalized spacial score (nSPS) is 12.2. The summed E-state index contributed by atoms with van der Waals surface area (Å²) in [6, 6.07) is 34.0. The molecule has 0 saturated carbocycles. The van der Waals surface area contributed by atoms with Crippen molar-refractivity contribution in [3.8, 4) is 22.6 Å². The third-order valence-electron chi connectivity index (χ3n) is 11.8. The molecule has 3 atom stereocenters. The van der Waals surface area contributed by atoms with E-state index in [9.17, 15) is 50.7 Å². The third kappa shape index (κ3) is 18.6. The number of methoxy groups -OCH3 is 1. The first kappa shape index (κ1) is 60.2. The van der Waals surface area contributed by atoms with Gasteiger partial charge in [-0.05, 0) is 91.1 Å². The van der Waals surface area contributed by atoms with Crippen molar-refractivity contribution in [2.45, 2.75) is 96.4 Å². The lowest BCUT2D eigenvalue weighted by molar-refractivity contribution is -0.141. The molecule has 4 N–H and O–H groups in total. The standard InChI is InChI=1S/C59H59F5N4O12/c1-59(2,3)80-58(74)67-44(24-15-27-65-56(72)77-34-37-18-10-6-11-19-37)54(70)66-43(32-47(69)75-4)29-39-22-14-23-40(28-39)41-25-26-46(76-33-36-16-8-5-9-17-36)42(30-41)31-45(68-57(73)78-35-38-20-12-7-13-21-38)55(71)79-53-51(63)49(61)48(60)50(62)52(53)64/h5-14,16-23,25-26,28,30,43-45H,15,24,27,29,31-35H2,1-4H3,(H,65,72)(H,66,70)(H,67,74)(H,68,73)/t43?,44-,45-/m0/s1. The average Bonchev–Trinajstić information content (AvgIpc) is 3.47. The van der Waals surface area contributed by atoms with Gasteiger partial charge < -0.3 is 49.7 Å². The lowest BCUT2D eigenvalue weighted by atomic mass is 9.95. The van der Waals surface area contributed by atoms with Crippen LogP contribution in [0.3, 0.4) is 0 Å². The van der Waals surface area contributed by atoms with E-state index in [-0.39, 0.29) is 63.4 Å². The Balaban J connectivity index is 1.26. The molecule has 422 valence electrons. The molecule has 21 heteroatoms. The summed E-state index contributed by atoms with van der Waals surface area (Å²) in [5, 5.41) is 10.4. The van der Waals surface area contributed by atoms with Crippen LogP contribution in [0.4, 0.5) is 36.3 Å². The molecule has 0 aliphatic rings. The fraction of sp³-hybridized carbons (Fsp3) is 0.288. The van der Waals surface area contributed by atoms with E-state index in [2.05, 4.69) is 21.3 Å². The fourth-order valence-corrected chi connectivity index (χ4v) is 7.87. The van der Waals surface area contributed by atoms with Crippen LogP contribution in [0.5, 0.6) is 11.5 Å². The molecule has 0 aliphatic heterocycles. The number of nitrogens with one attached hydrogen (secondary N) is 4. The Kier molecular flexibility index (Phi) is 21.9. The molecule has 16 nitrogen and oxygen atoms in total. The van der Waals surface area contributed by atoms with Gasteiger partial charge in [-0.15, -0.1) is 0 Å². The first-order valence-corrected chi connectivity index (χ1v) is 25.2. The summed E-state index contributed by atoms with van der Waals surface area (Å²) < 4.78 is 104. The zero-order valence-corrected chi connectivity index (χ0v) is 44.1. The van der Waals surface area contributed by atoms with E-state index in [4.69, 9.17) is 28.4 Å². The Labute approximate surface area is 458 Å². The van der Waals surface area contributed by atoms with Gasteiger partial charge >= 0.3 is 30.2 Å². The van der Waals surface area contributed by atoms with Crippen LogP contribution < -0.4 is 30.7 Å². The van der Waals surface area contributed by atoms with Crippen molar-refractivity contribution >= 4 is 36.1 Å². The maximum absolute atomic E-state index is 14.9. The van der Waals surface area contributed by atoms with E-state index < -0.39 is 101 Å². The molecular weight excluding hydrogens is 1050 g/mol. The van der Waals surface area contributed by atoms with Crippen LogP contribution in [-0.4, -0.2) is 73.5 Å². The molecule has 80 heavy (non-hydrogen) atoms. The Morgan fingerprint density at radius 3 is 1.68 bits per heavy atom. The van der Waals surface area contributed by atoms with Crippen molar-refractivity contribution in [3.63, 3.8) is 0 Å². The lowest BCUT2D eigenvalue weighted by Gasteiger charge is -2.25. The monoisotopic (exact) mass is 1110 g/mol. The molecular formula is C59H59F5N4O12. The highest BCUT2D eigenvalue weighted by atomic mass is 19.2.